The van der Waals surface area contributed by atoms with Gasteiger partial charge in [0.1, 0.15) is 6.33 Å². The fourth-order valence-electron chi connectivity index (χ4n) is 1.11. The predicted octanol–water partition coefficient (Wildman–Crippen LogP) is 0.298. The van der Waals surface area contributed by atoms with E-state index in [1.54, 1.807) is 12.4 Å². The topological polar surface area (TPSA) is 54.9 Å². The lowest BCUT2D eigenvalue weighted by atomic mass is 10.2. The lowest BCUT2D eigenvalue weighted by Crippen LogP contribution is -2.27. The molecule has 0 spiro atoms. The van der Waals surface area contributed by atoms with Gasteiger partial charge >= 0.3 is 0 Å². The first-order valence-electron chi connectivity index (χ1n) is 4.38. The van der Waals surface area contributed by atoms with Gasteiger partial charge in [0.05, 0.1) is 6.42 Å². The fraction of sp³-hybridized carbons (Fsp3) is 0.444. The van der Waals surface area contributed by atoms with Crippen LogP contribution in [0.3, 0.4) is 0 Å². The van der Waals surface area contributed by atoms with E-state index in [0.29, 0.717) is 12.5 Å². The van der Waals surface area contributed by atoms with E-state index in [0.717, 1.165) is 18.4 Å². The highest BCUT2D eigenvalue weighted by Gasteiger charge is 2.22. The Morgan fingerprint density at radius 1 is 1.46 bits per heavy atom. The second-order valence-electron chi connectivity index (χ2n) is 3.27. The van der Waals surface area contributed by atoms with Crippen LogP contribution >= 0.6 is 0 Å². The van der Waals surface area contributed by atoms with E-state index in [1.807, 2.05) is 0 Å². The second-order valence-corrected chi connectivity index (χ2v) is 3.27. The first kappa shape index (κ1) is 8.16. The van der Waals surface area contributed by atoms with Crippen molar-refractivity contribution in [3.63, 3.8) is 0 Å². The van der Waals surface area contributed by atoms with Gasteiger partial charge in [0.15, 0.2) is 0 Å². The summed E-state index contributed by atoms with van der Waals surface area (Å²) in [6.45, 7) is 0. The number of rotatable bonds is 3. The molecule has 13 heavy (non-hydrogen) atoms. The van der Waals surface area contributed by atoms with E-state index < -0.39 is 0 Å². The minimum absolute atomic E-state index is 0.0669. The molecule has 0 bridgehead atoms. The number of carbonyl (C=O) groups is 1. The van der Waals surface area contributed by atoms with E-state index in [1.165, 1.54) is 6.33 Å². The maximum absolute atomic E-state index is 11.3. The summed E-state index contributed by atoms with van der Waals surface area (Å²) >= 11 is 0. The molecule has 0 aliphatic heterocycles. The number of nitrogens with one attached hydrogen (secondary N) is 1. The number of carbonyl (C=O) groups excluding carboxylic acids is 1. The monoisotopic (exact) mass is 177 g/mol. The molecule has 1 saturated carbocycles. The Hall–Kier alpha value is -1.45. The largest absolute Gasteiger partial charge is 0.353 e. The SMILES string of the molecule is O=C(Cc1cncnc1)NC1CC1. The third-order valence-electron chi connectivity index (χ3n) is 1.92. The highest BCUT2D eigenvalue weighted by Crippen LogP contribution is 2.18. The molecule has 0 atom stereocenters. The van der Waals surface area contributed by atoms with Crippen molar-refractivity contribution in [2.75, 3.05) is 0 Å². The van der Waals surface area contributed by atoms with Gasteiger partial charge in [-0.1, -0.05) is 0 Å². The van der Waals surface area contributed by atoms with E-state index >= 15 is 0 Å². The van der Waals surface area contributed by atoms with Crippen molar-refractivity contribution >= 4 is 5.91 Å². The molecule has 1 aliphatic rings. The molecule has 1 heterocycles. The lowest BCUT2D eigenvalue weighted by molar-refractivity contribution is -0.120. The van der Waals surface area contributed by atoms with Crippen LogP contribution in [0.1, 0.15) is 18.4 Å². The van der Waals surface area contributed by atoms with Gasteiger partial charge in [0.25, 0.3) is 0 Å². The minimum Gasteiger partial charge on any atom is -0.353 e. The van der Waals surface area contributed by atoms with Crippen LogP contribution in [0.25, 0.3) is 0 Å². The van der Waals surface area contributed by atoms with Crippen LogP contribution in [-0.2, 0) is 11.2 Å². The molecular weight excluding hydrogens is 166 g/mol. The summed E-state index contributed by atoms with van der Waals surface area (Å²) in [6, 6.07) is 0.428. The van der Waals surface area contributed by atoms with Crippen molar-refractivity contribution in [1.29, 1.82) is 0 Å². The Labute approximate surface area is 76.4 Å². The smallest absolute Gasteiger partial charge is 0.224 e. The first-order chi connectivity index (χ1) is 6.34. The maximum atomic E-state index is 11.3. The molecule has 0 radical (unpaired) electrons. The number of nitrogens with zero attached hydrogens (tertiary/aromatic N) is 2. The van der Waals surface area contributed by atoms with Crippen LogP contribution in [0.15, 0.2) is 18.7 Å². The molecule has 1 aromatic heterocycles. The van der Waals surface area contributed by atoms with Crippen molar-refractivity contribution in [2.24, 2.45) is 0 Å². The van der Waals surface area contributed by atoms with Crippen LogP contribution in [0.5, 0.6) is 0 Å². The van der Waals surface area contributed by atoms with Gasteiger partial charge in [-0.05, 0) is 18.4 Å². The van der Waals surface area contributed by atoms with Crippen LogP contribution in [0.2, 0.25) is 0 Å². The van der Waals surface area contributed by atoms with Crippen LogP contribution in [0, 0.1) is 0 Å². The summed E-state index contributed by atoms with van der Waals surface area (Å²) in [6.07, 6.45) is 7.42. The number of hydrogen-bond acceptors (Lipinski definition) is 3. The quantitative estimate of drug-likeness (QED) is 0.722. The standard InChI is InChI=1S/C9H11N3O/c13-9(12-8-1-2-8)3-7-4-10-6-11-5-7/h4-6,8H,1-3H2,(H,12,13). The van der Waals surface area contributed by atoms with Gasteiger partial charge in [-0.2, -0.15) is 0 Å². The Balaban J connectivity index is 1.86. The van der Waals surface area contributed by atoms with Gasteiger partial charge < -0.3 is 5.32 Å². The zero-order chi connectivity index (χ0) is 9.10. The van der Waals surface area contributed by atoms with Crippen molar-refractivity contribution in [3.8, 4) is 0 Å². The fourth-order valence-corrected chi connectivity index (χ4v) is 1.11. The molecule has 2 rings (SSSR count). The molecule has 4 heteroatoms. The first-order valence-corrected chi connectivity index (χ1v) is 4.38. The molecule has 1 aromatic rings. The van der Waals surface area contributed by atoms with Crippen molar-refractivity contribution in [2.45, 2.75) is 25.3 Å². The summed E-state index contributed by atoms with van der Waals surface area (Å²) in [4.78, 5) is 19.0. The molecule has 0 aromatic carbocycles. The Morgan fingerprint density at radius 2 is 2.15 bits per heavy atom. The molecule has 1 amide bonds. The third kappa shape index (κ3) is 2.50. The summed E-state index contributed by atoms with van der Waals surface area (Å²) in [5.41, 5.74) is 0.862. The Bertz CT molecular complexity index is 295. The molecule has 1 fully saturated rings. The predicted molar refractivity (Wildman–Crippen MR) is 46.9 cm³/mol. The summed E-state index contributed by atoms with van der Waals surface area (Å²) in [5.74, 6) is 0.0669. The maximum Gasteiger partial charge on any atom is 0.224 e. The van der Waals surface area contributed by atoms with Gasteiger partial charge in [-0.25, -0.2) is 9.97 Å². The Morgan fingerprint density at radius 3 is 2.77 bits per heavy atom. The van der Waals surface area contributed by atoms with Crippen molar-refractivity contribution in [1.82, 2.24) is 15.3 Å². The molecule has 68 valence electrons. The molecule has 1 aliphatic carbocycles. The van der Waals surface area contributed by atoms with Crippen molar-refractivity contribution in [3.05, 3.63) is 24.3 Å². The van der Waals surface area contributed by atoms with E-state index in [9.17, 15) is 4.79 Å². The highest BCUT2D eigenvalue weighted by molar-refractivity contribution is 5.78. The molecule has 0 unspecified atom stereocenters. The summed E-state index contributed by atoms with van der Waals surface area (Å²) in [5, 5.41) is 2.91. The number of aromatic nitrogens is 2. The lowest BCUT2D eigenvalue weighted by Gasteiger charge is -2.01. The van der Waals surface area contributed by atoms with Gasteiger partial charge in [-0.3, -0.25) is 4.79 Å². The van der Waals surface area contributed by atoms with Crippen LogP contribution in [0.4, 0.5) is 0 Å². The number of hydrogen-bond donors (Lipinski definition) is 1. The summed E-state index contributed by atoms with van der Waals surface area (Å²) < 4.78 is 0. The van der Waals surface area contributed by atoms with Crippen LogP contribution < -0.4 is 5.32 Å². The van der Waals surface area contributed by atoms with Crippen LogP contribution in [-0.4, -0.2) is 21.9 Å². The summed E-state index contributed by atoms with van der Waals surface area (Å²) in [7, 11) is 0. The zero-order valence-corrected chi connectivity index (χ0v) is 7.23. The average molecular weight is 177 g/mol. The number of amides is 1. The zero-order valence-electron chi connectivity index (χ0n) is 7.23. The third-order valence-corrected chi connectivity index (χ3v) is 1.92. The molecule has 1 N–H and O–H groups in total. The van der Waals surface area contributed by atoms with Gasteiger partial charge in [0.2, 0.25) is 5.91 Å². The minimum atomic E-state index is 0.0669. The molecular formula is C9H11N3O. The normalized spacial score (nSPS) is 15.4. The van der Waals surface area contributed by atoms with Gasteiger partial charge in [-0.15, -0.1) is 0 Å². The van der Waals surface area contributed by atoms with E-state index in [4.69, 9.17) is 0 Å². The molecule has 0 saturated heterocycles. The van der Waals surface area contributed by atoms with E-state index in [2.05, 4.69) is 15.3 Å². The Kier molecular flexibility index (Phi) is 2.21. The van der Waals surface area contributed by atoms with Crippen molar-refractivity contribution < 1.29 is 4.79 Å². The molecule has 4 nitrogen and oxygen atoms in total. The highest BCUT2D eigenvalue weighted by atomic mass is 16.1. The average Bonchev–Trinajstić information content (AvgIpc) is 2.90. The van der Waals surface area contributed by atoms with Gasteiger partial charge in [0, 0.05) is 18.4 Å². The second kappa shape index (κ2) is 3.51. The van der Waals surface area contributed by atoms with E-state index in [-0.39, 0.29) is 5.91 Å².